The molecule has 90 valence electrons. The Kier molecular flexibility index (Phi) is 4.28. The van der Waals surface area contributed by atoms with E-state index in [4.69, 9.17) is 0 Å². The minimum Gasteiger partial charge on any atom is -0.272 e. The van der Waals surface area contributed by atoms with Crippen LogP contribution < -0.4 is 11.4 Å². The van der Waals surface area contributed by atoms with Crippen molar-refractivity contribution in [3.05, 3.63) is 21.0 Å². The first-order valence-corrected chi connectivity index (χ1v) is 5.56. The summed E-state index contributed by atoms with van der Waals surface area (Å²) in [6.45, 7) is 4.17. The van der Waals surface area contributed by atoms with Crippen molar-refractivity contribution in [2.75, 3.05) is 0 Å². The molecule has 0 bridgehead atoms. The molecular formula is C10H17N3O3. The van der Waals surface area contributed by atoms with E-state index in [0.717, 1.165) is 22.1 Å². The molecule has 6 nitrogen and oxygen atoms in total. The minimum absolute atomic E-state index is 0.258. The van der Waals surface area contributed by atoms with Crippen molar-refractivity contribution in [1.29, 1.82) is 0 Å². The van der Waals surface area contributed by atoms with Gasteiger partial charge in [0, 0.05) is 13.0 Å². The molecule has 0 radical (unpaired) electrons. The third-order valence-electron chi connectivity index (χ3n) is 2.32. The lowest BCUT2D eigenvalue weighted by molar-refractivity contribution is 0.0880. The molecule has 0 unspecified atom stereocenters. The number of aromatic nitrogens is 3. The first-order valence-electron chi connectivity index (χ1n) is 5.56. The maximum absolute atomic E-state index is 11.7. The van der Waals surface area contributed by atoms with E-state index < -0.39 is 11.4 Å². The highest BCUT2D eigenvalue weighted by Crippen LogP contribution is 1.91. The van der Waals surface area contributed by atoms with Crippen LogP contribution in [0.5, 0.6) is 0 Å². The molecule has 0 amide bonds. The van der Waals surface area contributed by atoms with Gasteiger partial charge in [0.2, 0.25) is 5.91 Å². The Bertz CT molecular complexity index is 466. The average Bonchev–Trinajstić information content (AvgIpc) is 2.53. The molecule has 6 heteroatoms. The molecule has 0 saturated heterocycles. The van der Waals surface area contributed by atoms with Crippen LogP contribution in [0.1, 0.15) is 44.3 Å². The highest BCUT2D eigenvalue weighted by atomic mass is 16.2. The van der Waals surface area contributed by atoms with Gasteiger partial charge < -0.3 is 0 Å². The summed E-state index contributed by atoms with van der Waals surface area (Å²) < 4.78 is 1.87. The number of hydrogen-bond donors (Lipinski definition) is 1. The standard InChI is InChI=1S/C10H17N3O3/c1-3-5-7-12-9(15)11-13(10(12)16)8(14)6-4-2/h3-7H2,1-2H3,(H,11,15). The van der Waals surface area contributed by atoms with E-state index >= 15 is 0 Å². The summed E-state index contributed by atoms with van der Waals surface area (Å²) in [5.74, 6) is -0.361. The largest absolute Gasteiger partial charge is 0.354 e. The van der Waals surface area contributed by atoms with E-state index in [9.17, 15) is 14.4 Å². The molecule has 0 atom stereocenters. The second-order valence-electron chi connectivity index (χ2n) is 3.68. The second-order valence-corrected chi connectivity index (χ2v) is 3.68. The zero-order chi connectivity index (χ0) is 12.1. The van der Waals surface area contributed by atoms with Gasteiger partial charge in [-0.3, -0.25) is 4.79 Å². The molecule has 0 aliphatic heterocycles. The Morgan fingerprint density at radius 2 is 1.94 bits per heavy atom. The quantitative estimate of drug-likeness (QED) is 0.799. The first-order chi connectivity index (χ1) is 7.61. The number of H-pyrrole nitrogens is 1. The van der Waals surface area contributed by atoms with Crippen LogP contribution in [0.4, 0.5) is 0 Å². The first kappa shape index (κ1) is 12.5. The monoisotopic (exact) mass is 227 g/mol. The number of rotatable bonds is 5. The fourth-order valence-corrected chi connectivity index (χ4v) is 1.42. The molecular weight excluding hydrogens is 210 g/mol. The van der Waals surface area contributed by atoms with Gasteiger partial charge in [0.25, 0.3) is 0 Å². The Morgan fingerprint density at radius 3 is 2.50 bits per heavy atom. The second kappa shape index (κ2) is 5.48. The molecule has 0 spiro atoms. The summed E-state index contributed by atoms with van der Waals surface area (Å²) >= 11 is 0. The number of carbonyl (C=O) groups excluding carboxylic acids is 1. The van der Waals surface area contributed by atoms with E-state index in [1.807, 2.05) is 13.8 Å². The van der Waals surface area contributed by atoms with Gasteiger partial charge in [0.05, 0.1) is 0 Å². The third kappa shape index (κ3) is 2.50. The fourth-order valence-electron chi connectivity index (χ4n) is 1.42. The van der Waals surface area contributed by atoms with Crippen LogP contribution in [0.25, 0.3) is 0 Å². The number of unbranched alkanes of at least 4 members (excludes halogenated alkanes) is 1. The lowest BCUT2D eigenvalue weighted by Gasteiger charge is -1.97. The Morgan fingerprint density at radius 1 is 1.25 bits per heavy atom. The lowest BCUT2D eigenvalue weighted by Crippen LogP contribution is -2.31. The molecule has 1 rings (SSSR count). The van der Waals surface area contributed by atoms with Gasteiger partial charge >= 0.3 is 11.4 Å². The number of nitrogens with one attached hydrogen (secondary N) is 1. The third-order valence-corrected chi connectivity index (χ3v) is 2.32. The van der Waals surface area contributed by atoms with Gasteiger partial charge in [0.1, 0.15) is 0 Å². The van der Waals surface area contributed by atoms with E-state index in [1.54, 1.807) is 0 Å². The normalized spacial score (nSPS) is 10.6. The number of hydrogen-bond acceptors (Lipinski definition) is 3. The summed E-state index contributed by atoms with van der Waals surface area (Å²) in [6.07, 6.45) is 2.54. The Labute approximate surface area is 92.9 Å². The SMILES string of the molecule is CCCCn1c(=O)[nH]n(C(=O)CCC)c1=O. The maximum Gasteiger partial charge on any atom is 0.354 e. The van der Waals surface area contributed by atoms with Crippen molar-refractivity contribution in [3.63, 3.8) is 0 Å². The average molecular weight is 227 g/mol. The molecule has 1 heterocycles. The van der Waals surface area contributed by atoms with E-state index in [2.05, 4.69) is 5.10 Å². The molecule has 0 aliphatic carbocycles. The van der Waals surface area contributed by atoms with Gasteiger partial charge in [0.15, 0.2) is 0 Å². The molecule has 0 aliphatic rings. The van der Waals surface area contributed by atoms with Crippen LogP contribution in [0.3, 0.4) is 0 Å². The van der Waals surface area contributed by atoms with Crippen molar-refractivity contribution in [3.8, 4) is 0 Å². The van der Waals surface area contributed by atoms with Crippen molar-refractivity contribution >= 4 is 5.91 Å². The zero-order valence-electron chi connectivity index (χ0n) is 9.65. The molecule has 16 heavy (non-hydrogen) atoms. The molecule has 1 aromatic rings. The fraction of sp³-hybridized carbons (Fsp3) is 0.700. The van der Waals surface area contributed by atoms with Crippen molar-refractivity contribution in [1.82, 2.24) is 14.3 Å². The highest BCUT2D eigenvalue weighted by Gasteiger charge is 2.13. The van der Waals surface area contributed by atoms with E-state index in [1.165, 1.54) is 0 Å². The predicted octanol–water partition coefficient (Wildman–Crippen LogP) is 0.578. The van der Waals surface area contributed by atoms with Crippen LogP contribution in [-0.4, -0.2) is 20.3 Å². The molecule has 1 aromatic heterocycles. The highest BCUT2D eigenvalue weighted by molar-refractivity contribution is 5.77. The van der Waals surface area contributed by atoms with Gasteiger partial charge in [-0.2, -0.15) is 4.68 Å². The zero-order valence-corrected chi connectivity index (χ0v) is 9.65. The molecule has 0 saturated carbocycles. The van der Waals surface area contributed by atoms with Crippen LogP contribution in [-0.2, 0) is 6.54 Å². The van der Waals surface area contributed by atoms with Gasteiger partial charge in [-0.05, 0) is 12.8 Å². The topological polar surface area (TPSA) is 76.9 Å². The molecule has 1 N–H and O–H groups in total. The van der Waals surface area contributed by atoms with Crippen LogP contribution >= 0.6 is 0 Å². The van der Waals surface area contributed by atoms with Gasteiger partial charge in [-0.1, -0.05) is 20.3 Å². The Hall–Kier alpha value is -1.59. The number of aromatic amines is 1. The smallest absolute Gasteiger partial charge is 0.272 e. The summed E-state index contributed by atoms with van der Waals surface area (Å²) in [5, 5.41) is 2.27. The lowest BCUT2D eigenvalue weighted by atomic mass is 10.3. The molecule has 0 aromatic carbocycles. The van der Waals surface area contributed by atoms with E-state index in [0.29, 0.717) is 13.0 Å². The van der Waals surface area contributed by atoms with Crippen LogP contribution in [0.15, 0.2) is 9.59 Å². The maximum atomic E-state index is 11.7. The van der Waals surface area contributed by atoms with Crippen LogP contribution in [0, 0.1) is 0 Å². The number of nitrogens with zero attached hydrogens (tertiary/aromatic N) is 2. The van der Waals surface area contributed by atoms with Crippen molar-refractivity contribution < 1.29 is 4.79 Å². The summed E-state index contributed by atoms with van der Waals surface area (Å²) in [4.78, 5) is 34.6. The molecule has 0 fully saturated rings. The summed E-state index contributed by atoms with van der Waals surface area (Å²) in [7, 11) is 0. The summed E-state index contributed by atoms with van der Waals surface area (Å²) in [5.41, 5.74) is -1.07. The van der Waals surface area contributed by atoms with Gasteiger partial charge in [-0.25, -0.2) is 19.3 Å². The minimum atomic E-state index is -0.558. The summed E-state index contributed by atoms with van der Waals surface area (Å²) in [6, 6.07) is 0. The van der Waals surface area contributed by atoms with Gasteiger partial charge in [-0.15, -0.1) is 0 Å². The van der Waals surface area contributed by atoms with Crippen molar-refractivity contribution in [2.45, 2.75) is 46.1 Å². The predicted molar refractivity (Wildman–Crippen MR) is 59.8 cm³/mol. The van der Waals surface area contributed by atoms with Crippen molar-refractivity contribution in [2.24, 2.45) is 0 Å². The van der Waals surface area contributed by atoms with E-state index in [-0.39, 0.29) is 12.3 Å². The number of carbonyl (C=O) groups is 1. The Balaban J connectivity index is 3.02. The van der Waals surface area contributed by atoms with Crippen LogP contribution in [0.2, 0.25) is 0 Å².